The minimum Gasteiger partial charge on any atom is -0.352 e. The summed E-state index contributed by atoms with van der Waals surface area (Å²) in [6, 6.07) is 0.379. The first-order chi connectivity index (χ1) is 7.24. The fourth-order valence-corrected chi connectivity index (χ4v) is 2.00. The van der Waals surface area contributed by atoms with Gasteiger partial charge in [-0.1, -0.05) is 26.2 Å². The lowest BCUT2D eigenvalue weighted by atomic mass is 10.0. The van der Waals surface area contributed by atoms with Crippen LogP contribution in [0.15, 0.2) is 0 Å². The quantitative estimate of drug-likeness (QED) is 0.730. The molecule has 1 unspecified atom stereocenters. The third kappa shape index (κ3) is 4.65. The molecule has 1 saturated heterocycles. The maximum absolute atomic E-state index is 11.8. The maximum atomic E-state index is 11.8. The van der Waals surface area contributed by atoms with Gasteiger partial charge in [-0.3, -0.25) is 4.79 Å². The van der Waals surface area contributed by atoms with E-state index in [4.69, 9.17) is 0 Å². The number of rotatable bonds is 5. The molecule has 2 atom stereocenters. The fourth-order valence-electron chi connectivity index (χ4n) is 2.00. The fraction of sp³-hybridized carbons (Fsp3) is 0.917. The molecular formula is C12H24N2O. The van der Waals surface area contributed by atoms with Gasteiger partial charge in [-0.2, -0.15) is 0 Å². The summed E-state index contributed by atoms with van der Waals surface area (Å²) in [6.07, 6.45) is 6.85. The van der Waals surface area contributed by atoms with Crippen molar-refractivity contribution in [3.05, 3.63) is 0 Å². The molecule has 1 amide bonds. The lowest BCUT2D eigenvalue weighted by Crippen LogP contribution is -2.48. The smallest absolute Gasteiger partial charge is 0.237 e. The molecule has 0 aromatic rings. The number of unbranched alkanes of at least 4 members (excludes halogenated alkanes) is 1. The molecule has 1 fully saturated rings. The number of carbonyl (C=O) groups excluding carboxylic acids is 1. The minimum atomic E-state index is 0.0582. The highest BCUT2D eigenvalue weighted by Gasteiger charge is 2.21. The van der Waals surface area contributed by atoms with Gasteiger partial charge in [-0.25, -0.2) is 0 Å². The molecule has 0 saturated carbocycles. The van der Waals surface area contributed by atoms with Gasteiger partial charge in [0.2, 0.25) is 5.91 Å². The third-order valence-corrected chi connectivity index (χ3v) is 3.01. The van der Waals surface area contributed by atoms with E-state index >= 15 is 0 Å². The Bertz CT molecular complexity index is 188. The highest BCUT2D eigenvalue weighted by molar-refractivity contribution is 5.82. The highest BCUT2D eigenvalue weighted by Crippen LogP contribution is 2.08. The Labute approximate surface area is 93.0 Å². The number of piperidine rings is 1. The van der Waals surface area contributed by atoms with Gasteiger partial charge in [0.05, 0.1) is 6.04 Å². The first kappa shape index (κ1) is 12.5. The highest BCUT2D eigenvalue weighted by atomic mass is 16.2. The molecular weight excluding hydrogens is 188 g/mol. The van der Waals surface area contributed by atoms with Gasteiger partial charge >= 0.3 is 0 Å². The monoisotopic (exact) mass is 212 g/mol. The Morgan fingerprint density at radius 1 is 1.53 bits per heavy atom. The van der Waals surface area contributed by atoms with Gasteiger partial charge in [0, 0.05) is 6.04 Å². The molecule has 1 aliphatic heterocycles. The molecule has 1 heterocycles. The zero-order valence-electron chi connectivity index (χ0n) is 10.0. The van der Waals surface area contributed by atoms with Crippen LogP contribution >= 0.6 is 0 Å². The Hall–Kier alpha value is -0.570. The van der Waals surface area contributed by atoms with Crippen molar-refractivity contribution in [3.8, 4) is 0 Å². The van der Waals surface area contributed by atoms with Crippen molar-refractivity contribution in [3.63, 3.8) is 0 Å². The second kappa shape index (κ2) is 6.83. The third-order valence-electron chi connectivity index (χ3n) is 3.01. The van der Waals surface area contributed by atoms with Crippen LogP contribution < -0.4 is 10.6 Å². The first-order valence-electron chi connectivity index (χ1n) is 6.27. The Morgan fingerprint density at radius 2 is 2.33 bits per heavy atom. The molecule has 0 aromatic carbocycles. The number of nitrogens with one attached hydrogen (secondary N) is 2. The second-order valence-corrected chi connectivity index (χ2v) is 4.55. The summed E-state index contributed by atoms with van der Waals surface area (Å²) in [7, 11) is 0. The molecule has 88 valence electrons. The number of hydrogen-bond acceptors (Lipinski definition) is 2. The van der Waals surface area contributed by atoms with E-state index < -0.39 is 0 Å². The van der Waals surface area contributed by atoms with Crippen LogP contribution in [0.4, 0.5) is 0 Å². The van der Waals surface area contributed by atoms with Crippen LogP contribution in [0.5, 0.6) is 0 Å². The topological polar surface area (TPSA) is 41.1 Å². The molecule has 2 N–H and O–H groups in total. The lowest BCUT2D eigenvalue weighted by molar-refractivity contribution is -0.124. The molecule has 3 heteroatoms. The van der Waals surface area contributed by atoms with Gasteiger partial charge in [-0.15, -0.1) is 0 Å². The molecule has 3 nitrogen and oxygen atoms in total. The van der Waals surface area contributed by atoms with Gasteiger partial charge < -0.3 is 10.6 Å². The average molecular weight is 212 g/mol. The van der Waals surface area contributed by atoms with E-state index in [1.807, 2.05) is 0 Å². The van der Waals surface area contributed by atoms with Gasteiger partial charge in [0.25, 0.3) is 0 Å². The summed E-state index contributed by atoms with van der Waals surface area (Å²) >= 11 is 0. The van der Waals surface area contributed by atoms with Crippen molar-refractivity contribution < 1.29 is 4.79 Å². The maximum Gasteiger partial charge on any atom is 0.237 e. The molecule has 15 heavy (non-hydrogen) atoms. The van der Waals surface area contributed by atoms with Gasteiger partial charge in [0.1, 0.15) is 0 Å². The van der Waals surface area contributed by atoms with E-state index in [1.54, 1.807) is 0 Å². The summed E-state index contributed by atoms with van der Waals surface area (Å²) in [4.78, 5) is 11.8. The predicted octanol–water partition coefficient (Wildman–Crippen LogP) is 1.82. The molecule has 0 bridgehead atoms. The van der Waals surface area contributed by atoms with Crippen LogP contribution in [-0.4, -0.2) is 24.5 Å². The largest absolute Gasteiger partial charge is 0.352 e. The van der Waals surface area contributed by atoms with E-state index in [2.05, 4.69) is 24.5 Å². The van der Waals surface area contributed by atoms with Crippen LogP contribution in [0.25, 0.3) is 0 Å². The Morgan fingerprint density at radius 3 is 2.93 bits per heavy atom. The summed E-state index contributed by atoms with van der Waals surface area (Å²) < 4.78 is 0. The van der Waals surface area contributed by atoms with E-state index in [0.717, 1.165) is 19.4 Å². The Kier molecular flexibility index (Phi) is 5.69. The zero-order valence-corrected chi connectivity index (χ0v) is 10.0. The van der Waals surface area contributed by atoms with Crippen molar-refractivity contribution in [2.45, 2.75) is 64.5 Å². The van der Waals surface area contributed by atoms with Crippen LogP contribution in [0.1, 0.15) is 52.4 Å². The molecule has 1 aliphatic rings. The van der Waals surface area contributed by atoms with Crippen LogP contribution in [-0.2, 0) is 4.79 Å². The summed E-state index contributed by atoms with van der Waals surface area (Å²) in [5.41, 5.74) is 0. The molecule has 0 aromatic heterocycles. The normalized spacial score (nSPS) is 23.5. The van der Waals surface area contributed by atoms with Crippen molar-refractivity contribution in [2.75, 3.05) is 6.54 Å². The molecule has 0 aliphatic carbocycles. The lowest BCUT2D eigenvalue weighted by Gasteiger charge is -2.24. The average Bonchev–Trinajstić information content (AvgIpc) is 2.27. The van der Waals surface area contributed by atoms with E-state index in [1.165, 1.54) is 25.7 Å². The van der Waals surface area contributed by atoms with Crippen molar-refractivity contribution in [2.24, 2.45) is 0 Å². The van der Waals surface area contributed by atoms with Crippen molar-refractivity contribution in [1.82, 2.24) is 10.6 Å². The predicted molar refractivity (Wildman–Crippen MR) is 62.8 cm³/mol. The summed E-state index contributed by atoms with van der Waals surface area (Å²) in [5.74, 6) is 0.193. The molecule has 0 spiro atoms. The van der Waals surface area contributed by atoms with Crippen LogP contribution in [0.3, 0.4) is 0 Å². The summed E-state index contributed by atoms with van der Waals surface area (Å²) in [5, 5.41) is 6.35. The molecule has 1 rings (SSSR count). The van der Waals surface area contributed by atoms with Gasteiger partial charge in [0.15, 0.2) is 0 Å². The van der Waals surface area contributed by atoms with E-state index in [-0.39, 0.29) is 11.9 Å². The number of amides is 1. The van der Waals surface area contributed by atoms with E-state index in [0.29, 0.717) is 6.04 Å². The van der Waals surface area contributed by atoms with Gasteiger partial charge in [-0.05, 0) is 32.7 Å². The van der Waals surface area contributed by atoms with Crippen molar-refractivity contribution in [1.29, 1.82) is 0 Å². The first-order valence-corrected chi connectivity index (χ1v) is 6.27. The SMILES string of the molecule is CCCCC(C)NC(=O)[C@@H]1CCCCN1. The van der Waals surface area contributed by atoms with Crippen LogP contribution in [0, 0.1) is 0 Å². The summed E-state index contributed by atoms with van der Waals surface area (Å²) in [6.45, 7) is 5.26. The number of hydrogen-bond donors (Lipinski definition) is 2. The minimum absolute atomic E-state index is 0.0582. The van der Waals surface area contributed by atoms with E-state index in [9.17, 15) is 4.79 Å². The zero-order chi connectivity index (χ0) is 11.1. The van der Waals surface area contributed by atoms with Crippen molar-refractivity contribution >= 4 is 5.91 Å². The second-order valence-electron chi connectivity index (χ2n) is 4.55. The van der Waals surface area contributed by atoms with Crippen LogP contribution in [0.2, 0.25) is 0 Å². The standard InChI is InChI=1S/C12H24N2O/c1-3-4-7-10(2)14-12(15)11-8-5-6-9-13-11/h10-11,13H,3-9H2,1-2H3,(H,14,15)/t10?,11-/m0/s1. The Balaban J connectivity index is 2.21. The number of carbonyl (C=O) groups is 1. The molecule has 0 radical (unpaired) electrons.